The van der Waals surface area contributed by atoms with E-state index in [1.165, 1.54) is 25.3 Å². The van der Waals surface area contributed by atoms with E-state index in [9.17, 15) is 21.6 Å². The van der Waals surface area contributed by atoms with Crippen molar-refractivity contribution in [2.45, 2.75) is 19.6 Å². The molecule has 0 aliphatic carbocycles. The van der Waals surface area contributed by atoms with Crippen LogP contribution in [-0.4, -0.2) is 49.7 Å². The lowest BCUT2D eigenvalue weighted by atomic mass is 10.2. The number of rotatable bonds is 9. The number of halogens is 3. The highest BCUT2D eigenvalue weighted by atomic mass is 32.2. The number of hydrogen-bond acceptors (Lipinski definition) is 10. The van der Waals surface area contributed by atoms with Gasteiger partial charge in [-0.2, -0.15) is 23.4 Å². The summed E-state index contributed by atoms with van der Waals surface area (Å²) in [7, 11) is -3.64. The number of tetrazole rings is 1. The van der Waals surface area contributed by atoms with Crippen LogP contribution >= 0.6 is 0 Å². The summed E-state index contributed by atoms with van der Waals surface area (Å²) in [4.78, 5) is 11.8. The van der Waals surface area contributed by atoms with E-state index >= 15 is 0 Å². The highest BCUT2D eigenvalue weighted by molar-refractivity contribution is 7.92. The van der Waals surface area contributed by atoms with Crippen LogP contribution < -0.4 is 15.4 Å². The summed E-state index contributed by atoms with van der Waals surface area (Å²) in [6.07, 6.45) is -2.70. The van der Waals surface area contributed by atoms with Crippen LogP contribution in [0.3, 0.4) is 0 Å². The standard InChI is InChI=1S/C20H19F3N10O2S/c1-2-36(34,35)31-16-13(4-3-9-24-16)10-25-18-15(20(21,22)23)11-26-19(28-18)27-14-7-5-12(6-8-14)17-29-32-33-30-17/h3-9,11H,2,10H2,1H3,(H,24,31)(H2,25,26,27,28)(H,29,30,32,33). The summed E-state index contributed by atoms with van der Waals surface area (Å²) in [5.74, 6) is -0.372. The first-order valence-electron chi connectivity index (χ1n) is 10.4. The Morgan fingerprint density at radius 2 is 1.83 bits per heavy atom. The fraction of sp³-hybridized carbons (Fsp3) is 0.200. The van der Waals surface area contributed by atoms with Gasteiger partial charge in [0.2, 0.25) is 21.8 Å². The van der Waals surface area contributed by atoms with Crippen LogP contribution in [0.5, 0.6) is 0 Å². The molecule has 0 saturated heterocycles. The quantitative estimate of drug-likeness (QED) is 0.258. The zero-order valence-electron chi connectivity index (χ0n) is 18.6. The highest BCUT2D eigenvalue weighted by Crippen LogP contribution is 2.34. The van der Waals surface area contributed by atoms with Gasteiger partial charge in [-0.3, -0.25) is 4.72 Å². The number of nitrogens with zero attached hydrogens (tertiary/aromatic N) is 6. The molecule has 0 spiro atoms. The number of alkyl halides is 3. The van der Waals surface area contributed by atoms with Crippen molar-refractivity contribution in [1.82, 2.24) is 35.6 Å². The van der Waals surface area contributed by atoms with E-state index in [0.29, 0.717) is 28.8 Å². The molecule has 16 heteroatoms. The largest absolute Gasteiger partial charge is 0.421 e. The topological polar surface area (TPSA) is 163 Å². The molecule has 188 valence electrons. The van der Waals surface area contributed by atoms with Crippen LogP contribution in [0.15, 0.2) is 48.8 Å². The maximum absolute atomic E-state index is 13.6. The van der Waals surface area contributed by atoms with E-state index in [1.807, 2.05) is 0 Å². The number of anilines is 4. The third kappa shape index (κ3) is 6.01. The Labute approximate surface area is 202 Å². The molecule has 0 saturated carbocycles. The molecule has 0 bridgehead atoms. The van der Waals surface area contributed by atoms with Gasteiger partial charge < -0.3 is 10.6 Å². The average Bonchev–Trinajstić information content (AvgIpc) is 3.38. The van der Waals surface area contributed by atoms with E-state index in [4.69, 9.17) is 0 Å². The van der Waals surface area contributed by atoms with E-state index in [0.717, 1.165) is 0 Å². The number of nitrogens with one attached hydrogen (secondary N) is 4. The molecule has 4 N–H and O–H groups in total. The Morgan fingerprint density at radius 3 is 2.50 bits per heavy atom. The second-order valence-electron chi connectivity index (χ2n) is 7.26. The molecule has 12 nitrogen and oxygen atoms in total. The van der Waals surface area contributed by atoms with Crippen LogP contribution in [0.25, 0.3) is 11.4 Å². The molecule has 4 rings (SSSR count). The van der Waals surface area contributed by atoms with E-state index < -0.39 is 27.6 Å². The molecular weight excluding hydrogens is 501 g/mol. The number of benzene rings is 1. The maximum Gasteiger partial charge on any atom is 0.421 e. The normalized spacial score (nSPS) is 11.8. The third-order valence-corrected chi connectivity index (χ3v) is 6.07. The van der Waals surface area contributed by atoms with Crippen LogP contribution in [0.2, 0.25) is 0 Å². The van der Waals surface area contributed by atoms with Gasteiger partial charge in [0.15, 0.2) is 0 Å². The molecule has 0 atom stereocenters. The van der Waals surface area contributed by atoms with Crippen molar-refractivity contribution in [2.24, 2.45) is 0 Å². The number of aromatic nitrogens is 7. The average molecular weight is 521 g/mol. The summed E-state index contributed by atoms with van der Waals surface area (Å²) in [5.41, 5.74) is 0.431. The Hall–Kier alpha value is -4.34. The SMILES string of the molecule is CCS(=O)(=O)Nc1ncccc1CNc1nc(Nc2ccc(-c3nn[nH]n3)cc2)ncc1C(F)(F)F. The molecule has 1 aromatic carbocycles. The van der Waals surface area contributed by atoms with Crippen molar-refractivity contribution < 1.29 is 21.6 Å². The van der Waals surface area contributed by atoms with Crippen molar-refractivity contribution in [1.29, 1.82) is 0 Å². The number of sulfonamides is 1. The van der Waals surface area contributed by atoms with Gasteiger partial charge >= 0.3 is 6.18 Å². The van der Waals surface area contributed by atoms with Crippen LogP contribution in [0, 0.1) is 0 Å². The van der Waals surface area contributed by atoms with Crippen molar-refractivity contribution in [2.75, 3.05) is 21.1 Å². The zero-order chi connectivity index (χ0) is 25.8. The van der Waals surface area contributed by atoms with Crippen LogP contribution in [0.1, 0.15) is 18.1 Å². The first-order valence-corrected chi connectivity index (χ1v) is 12.0. The minimum atomic E-state index is -4.73. The molecule has 0 fully saturated rings. The lowest BCUT2D eigenvalue weighted by Crippen LogP contribution is -2.18. The Kier molecular flexibility index (Phi) is 6.96. The molecule has 0 aliphatic heterocycles. The van der Waals surface area contributed by atoms with Gasteiger partial charge in [-0.1, -0.05) is 6.07 Å². The minimum absolute atomic E-state index is 0.00880. The van der Waals surface area contributed by atoms with Gasteiger partial charge in [0.1, 0.15) is 17.2 Å². The lowest BCUT2D eigenvalue weighted by molar-refractivity contribution is -0.137. The molecule has 4 aromatic rings. The molecule has 0 radical (unpaired) electrons. The summed E-state index contributed by atoms with van der Waals surface area (Å²) in [5, 5.41) is 19.0. The Balaban J connectivity index is 1.56. The second-order valence-corrected chi connectivity index (χ2v) is 9.27. The van der Waals surface area contributed by atoms with Gasteiger partial charge in [-0.15, -0.1) is 10.2 Å². The van der Waals surface area contributed by atoms with Gasteiger partial charge in [0.05, 0.1) is 5.75 Å². The van der Waals surface area contributed by atoms with E-state index in [-0.39, 0.29) is 24.1 Å². The van der Waals surface area contributed by atoms with Gasteiger partial charge in [0, 0.05) is 35.8 Å². The van der Waals surface area contributed by atoms with Crippen LogP contribution in [-0.2, 0) is 22.7 Å². The number of hydrogen-bond donors (Lipinski definition) is 4. The number of H-pyrrole nitrogens is 1. The van der Waals surface area contributed by atoms with Gasteiger partial charge in [0.25, 0.3) is 0 Å². The minimum Gasteiger partial charge on any atom is -0.365 e. The fourth-order valence-corrected chi connectivity index (χ4v) is 3.59. The smallest absolute Gasteiger partial charge is 0.365 e. The molecule has 3 aromatic heterocycles. The van der Waals surface area contributed by atoms with Gasteiger partial charge in [-0.25, -0.2) is 18.4 Å². The first kappa shape index (κ1) is 24.8. The Bertz CT molecular complexity index is 1430. The van der Waals surface area contributed by atoms with Crippen LogP contribution in [0.4, 0.5) is 36.4 Å². The van der Waals surface area contributed by atoms with Crippen molar-refractivity contribution in [3.63, 3.8) is 0 Å². The maximum atomic E-state index is 13.6. The highest BCUT2D eigenvalue weighted by Gasteiger charge is 2.35. The fourth-order valence-electron chi connectivity index (χ4n) is 2.97. The van der Waals surface area contributed by atoms with E-state index in [1.54, 1.807) is 24.3 Å². The summed E-state index contributed by atoms with van der Waals surface area (Å²) >= 11 is 0. The van der Waals surface area contributed by atoms with Crippen molar-refractivity contribution in [3.8, 4) is 11.4 Å². The number of aromatic amines is 1. The van der Waals surface area contributed by atoms with E-state index in [2.05, 4.69) is 50.9 Å². The summed E-state index contributed by atoms with van der Waals surface area (Å²) < 4.78 is 67.0. The lowest BCUT2D eigenvalue weighted by Gasteiger charge is -2.16. The summed E-state index contributed by atoms with van der Waals surface area (Å²) in [6.45, 7) is 1.27. The van der Waals surface area contributed by atoms with Gasteiger partial charge in [-0.05, 0) is 42.5 Å². The predicted octanol–water partition coefficient (Wildman–Crippen LogP) is 3.19. The molecule has 0 amide bonds. The molecule has 3 heterocycles. The van der Waals surface area contributed by atoms with Crippen molar-refractivity contribution >= 4 is 33.3 Å². The molecular formula is C20H19F3N10O2S. The van der Waals surface area contributed by atoms with Crippen molar-refractivity contribution in [3.05, 3.63) is 59.9 Å². The molecule has 0 unspecified atom stereocenters. The first-order chi connectivity index (χ1) is 17.1. The summed E-state index contributed by atoms with van der Waals surface area (Å²) in [6, 6.07) is 9.77. The predicted molar refractivity (Wildman–Crippen MR) is 125 cm³/mol. The third-order valence-electron chi connectivity index (χ3n) is 4.81. The number of pyridine rings is 1. The zero-order valence-corrected chi connectivity index (χ0v) is 19.4. The second kappa shape index (κ2) is 10.1. The Morgan fingerprint density at radius 1 is 1.06 bits per heavy atom. The molecule has 0 aliphatic rings. The molecule has 36 heavy (non-hydrogen) atoms. The monoisotopic (exact) mass is 520 g/mol.